The van der Waals surface area contributed by atoms with Gasteiger partial charge in [0.15, 0.2) is 16.3 Å². The fourth-order valence-corrected chi connectivity index (χ4v) is 2.53. The van der Waals surface area contributed by atoms with E-state index in [1.807, 2.05) is 12.1 Å². The fraction of sp³-hybridized carbons (Fsp3) is 0.211. The largest absolute Gasteiger partial charge is 0.741 e. The van der Waals surface area contributed by atoms with Crippen LogP contribution in [-0.4, -0.2) is 25.6 Å². The summed E-state index contributed by atoms with van der Waals surface area (Å²) in [6.07, 6.45) is 2.13. The summed E-state index contributed by atoms with van der Waals surface area (Å²) in [6.45, 7) is 2.11. The highest BCUT2D eigenvalue weighted by molar-refractivity contribution is 7.86. The normalized spacial score (nSPS) is 11.7. The highest BCUT2D eigenvalue weighted by Crippen LogP contribution is 2.27. The van der Waals surface area contributed by atoms with E-state index >= 15 is 0 Å². The van der Waals surface area contributed by atoms with Gasteiger partial charge in [-0.1, -0.05) is 29.8 Å². The molecule has 0 N–H and O–H groups in total. The molecule has 0 fully saturated rings. The average Bonchev–Trinajstić information content (AvgIpc) is 2.60. The second-order valence-corrected chi connectivity index (χ2v) is 7.37. The molecular formula is C19H18F3NO4S. The number of aryl methyl sites for hydroxylation is 2. The van der Waals surface area contributed by atoms with Gasteiger partial charge in [-0.3, -0.25) is 0 Å². The summed E-state index contributed by atoms with van der Waals surface area (Å²) >= 11 is 0. The van der Waals surface area contributed by atoms with Gasteiger partial charge in [-0.25, -0.2) is 13.0 Å². The van der Waals surface area contributed by atoms with E-state index in [0.717, 1.165) is 11.1 Å². The number of nitrogens with zero attached hydrogens (tertiary/aromatic N) is 1. The maximum Gasteiger partial charge on any atom is 0.485 e. The second-order valence-electron chi connectivity index (χ2n) is 6.00. The predicted octanol–water partition coefficient (Wildman–Crippen LogP) is 3.70. The van der Waals surface area contributed by atoms with E-state index in [-0.39, 0.29) is 0 Å². The van der Waals surface area contributed by atoms with Crippen molar-refractivity contribution < 1.29 is 35.4 Å². The molecule has 2 aromatic carbocycles. The molecule has 0 aliphatic rings. The van der Waals surface area contributed by atoms with E-state index in [1.54, 1.807) is 7.11 Å². The maximum atomic E-state index is 10.7. The van der Waals surface area contributed by atoms with Crippen molar-refractivity contribution in [3.05, 3.63) is 60.3 Å². The number of methoxy groups -OCH3 is 1. The number of benzene rings is 2. The first-order chi connectivity index (χ1) is 12.9. The van der Waals surface area contributed by atoms with Crippen molar-refractivity contribution in [1.29, 1.82) is 0 Å². The van der Waals surface area contributed by atoms with Gasteiger partial charge in [0, 0.05) is 11.6 Å². The molecule has 150 valence electrons. The van der Waals surface area contributed by atoms with Gasteiger partial charge in [0.05, 0.1) is 12.5 Å². The number of pyridine rings is 1. The average molecular weight is 413 g/mol. The minimum atomic E-state index is -6.09. The summed E-state index contributed by atoms with van der Waals surface area (Å²) < 4.78 is 66.5. The topological polar surface area (TPSA) is 70.3 Å². The Kier molecular flexibility index (Phi) is 6.30. The van der Waals surface area contributed by atoms with Gasteiger partial charge < -0.3 is 9.29 Å². The molecule has 3 rings (SSSR count). The van der Waals surface area contributed by atoms with Gasteiger partial charge in [-0.2, -0.15) is 13.2 Å². The molecule has 0 bridgehead atoms. The first kappa shape index (κ1) is 21.6. The summed E-state index contributed by atoms with van der Waals surface area (Å²) in [5.74, 6) is 0.911. The number of alkyl halides is 3. The molecule has 3 aromatic rings. The molecule has 1 aromatic heterocycles. The van der Waals surface area contributed by atoms with Crippen LogP contribution in [0.3, 0.4) is 0 Å². The van der Waals surface area contributed by atoms with Crippen molar-refractivity contribution in [2.24, 2.45) is 7.05 Å². The Hall–Kier alpha value is -2.65. The van der Waals surface area contributed by atoms with Gasteiger partial charge in [-0.05, 0) is 30.5 Å². The summed E-state index contributed by atoms with van der Waals surface area (Å²) in [5.41, 5.74) is -1.94. The quantitative estimate of drug-likeness (QED) is 0.365. The number of halogens is 3. The number of rotatable bonds is 2. The molecule has 0 saturated heterocycles. The molecule has 0 spiro atoms. The van der Waals surface area contributed by atoms with Crippen molar-refractivity contribution in [3.8, 4) is 17.0 Å². The van der Waals surface area contributed by atoms with Crippen molar-refractivity contribution in [2.45, 2.75) is 12.4 Å². The highest BCUT2D eigenvalue weighted by atomic mass is 32.2. The van der Waals surface area contributed by atoms with Crippen molar-refractivity contribution in [3.63, 3.8) is 0 Å². The Labute approximate surface area is 160 Å². The highest BCUT2D eigenvalue weighted by Gasteiger charge is 2.36. The lowest BCUT2D eigenvalue weighted by Crippen LogP contribution is -2.30. The van der Waals surface area contributed by atoms with Gasteiger partial charge in [0.1, 0.15) is 12.8 Å². The first-order valence-electron chi connectivity index (χ1n) is 7.99. The van der Waals surface area contributed by atoms with Crippen molar-refractivity contribution in [1.82, 2.24) is 0 Å². The molecule has 1 heterocycles. The van der Waals surface area contributed by atoms with E-state index < -0.39 is 15.6 Å². The van der Waals surface area contributed by atoms with Gasteiger partial charge in [-0.15, -0.1) is 0 Å². The zero-order valence-electron chi connectivity index (χ0n) is 15.3. The molecule has 0 atom stereocenters. The smallest absolute Gasteiger partial charge is 0.485 e. The number of ether oxygens (including phenoxy) is 1. The molecule has 0 aliphatic carbocycles. The van der Waals surface area contributed by atoms with Crippen LogP contribution in [0, 0.1) is 6.92 Å². The monoisotopic (exact) mass is 413 g/mol. The van der Waals surface area contributed by atoms with Crippen LogP contribution in [0.1, 0.15) is 5.56 Å². The Morgan fingerprint density at radius 1 is 1.07 bits per heavy atom. The minimum Gasteiger partial charge on any atom is -0.741 e. The molecule has 0 radical (unpaired) electrons. The molecule has 0 saturated carbocycles. The van der Waals surface area contributed by atoms with Crippen molar-refractivity contribution >= 4 is 20.9 Å². The van der Waals surface area contributed by atoms with Crippen LogP contribution >= 0.6 is 0 Å². The van der Waals surface area contributed by atoms with E-state index in [2.05, 4.69) is 61.1 Å². The van der Waals surface area contributed by atoms with Crippen LogP contribution in [0.25, 0.3) is 22.0 Å². The SMILES string of the molecule is COc1cccc2cc(-c3ccc(C)cc3)[n+](C)cc12.O=S(=O)([O-])C(F)(F)F. The predicted molar refractivity (Wildman–Crippen MR) is 97.6 cm³/mol. The molecule has 0 aliphatic heterocycles. The first-order valence-corrected chi connectivity index (χ1v) is 9.40. The van der Waals surface area contributed by atoms with Crippen LogP contribution in [0.15, 0.2) is 54.7 Å². The van der Waals surface area contributed by atoms with Crippen LogP contribution in [0.2, 0.25) is 0 Å². The lowest BCUT2D eigenvalue weighted by atomic mass is 10.1. The maximum absolute atomic E-state index is 10.7. The summed E-state index contributed by atoms with van der Waals surface area (Å²) in [4.78, 5) is 0. The molecule has 0 unspecified atom stereocenters. The Balaban J connectivity index is 0.000000300. The van der Waals surface area contributed by atoms with Gasteiger partial charge in [0.25, 0.3) is 0 Å². The Morgan fingerprint density at radius 2 is 1.64 bits per heavy atom. The second kappa shape index (κ2) is 8.15. The zero-order chi connectivity index (χ0) is 21.1. The Morgan fingerprint density at radius 3 is 2.14 bits per heavy atom. The number of hydrogen-bond acceptors (Lipinski definition) is 4. The van der Waals surface area contributed by atoms with Crippen LogP contribution < -0.4 is 9.30 Å². The number of hydrogen-bond donors (Lipinski definition) is 0. The van der Waals surface area contributed by atoms with Crippen molar-refractivity contribution in [2.75, 3.05) is 7.11 Å². The van der Waals surface area contributed by atoms with E-state index in [0.29, 0.717) is 0 Å². The molecule has 28 heavy (non-hydrogen) atoms. The van der Waals surface area contributed by atoms with E-state index in [9.17, 15) is 13.2 Å². The summed E-state index contributed by atoms with van der Waals surface area (Å²) in [6, 6.07) is 17.0. The molecule has 5 nitrogen and oxygen atoms in total. The standard InChI is InChI=1S/C18H18NO.CHF3O3S/c1-13-7-9-14(10-8-13)17-11-15-5-4-6-18(20-3)16(15)12-19(17)2;2-1(3,4)8(5,6)7/h4-12H,1-3H3;(H,5,6,7)/q+1;/p-1. The third kappa shape index (κ3) is 4.99. The molecular weight excluding hydrogens is 395 g/mol. The third-order valence-electron chi connectivity index (χ3n) is 3.95. The summed E-state index contributed by atoms with van der Waals surface area (Å²) in [5, 5.41) is 2.33. The lowest BCUT2D eigenvalue weighted by Gasteiger charge is -2.08. The van der Waals surface area contributed by atoms with Crippen LogP contribution in [0.5, 0.6) is 5.75 Å². The Bertz CT molecular complexity index is 1080. The van der Waals surface area contributed by atoms with Gasteiger partial charge in [0.2, 0.25) is 5.69 Å². The fourth-order valence-electron chi connectivity index (χ4n) is 2.53. The van der Waals surface area contributed by atoms with Crippen LogP contribution in [-0.2, 0) is 17.2 Å². The molecule has 0 amide bonds. The summed E-state index contributed by atoms with van der Waals surface area (Å²) in [7, 11) is -2.31. The van der Waals surface area contributed by atoms with E-state index in [4.69, 9.17) is 17.7 Å². The lowest BCUT2D eigenvalue weighted by molar-refractivity contribution is -0.659. The minimum absolute atomic E-state index is 0.911. The van der Waals surface area contributed by atoms with E-state index in [1.165, 1.54) is 22.2 Å². The molecule has 9 heteroatoms. The zero-order valence-corrected chi connectivity index (χ0v) is 16.1. The van der Waals surface area contributed by atoms with Gasteiger partial charge >= 0.3 is 5.51 Å². The number of fused-ring (bicyclic) bond motifs is 1. The third-order valence-corrected chi connectivity index (χ3v) is 4.51. The van der Waals surface area contributed by atoms with Crippen LogP contribution in [0.4, 0.5) is 13.2 Å². The number of aromatic nitrogens is 1.